The Morgan fingerprint density at radius 2 is 1.93 bits per heavy atom. The van der Waals surface area contributed by atoms with Crippen LogP contribution < -0.4 is 16.2 Å². The van der Waals surface area contributed by atoms with E-state index in [0.29, 0.717) is 5.69 Å². The van der Waals surface area contributed by atoms with E-state index in [0.717, 1.165) is 11.1 Å². The molecule has 0 aliphatic carbocycles. The van der Waals surface area contributed by atoms with Crippen molar-refractivity contribution in [3.05, 3.63) is 63.7 Å². The topological polar surface area (TPSA) is 136 Å². The van der Waals surface area contributed by atoms with Crippen LogP contribution in [0.25, 0.3) is 28.2 Å². The molecule has 0 radical (unpaired) electrons. The third-order valence-corrected chi connectivity index (χ3v) is 4.98. The number of aromatic nitrogens is 4. The number of aryl methyl sites for hydroxylation is 2. The molecule has 30 heavy (non-hydrogen) atoms. The molecular weight excluding hydrogens is 386 g/mol. The molecule has 2 heterocycles. The number of nitrogens with one attached hydrogen (secondary N) is 1. The molecule has 0 fully saturated rings. The van der Waals surface area contributed by atoms with E-state index in [9.17, 15) is 14.7 Å². The maximum atomic E-state index is 12.7. The zero-order valence-corrected chi connectivity index (χ0v) is 16.6. The minimum absolute atomic E-state index is 0.0317. The van der Waals surface area contributed by atoms with Gasteiger partial charge in [-0.15, -0.1) is 0 Å². The number of H-pyrrole nitrogens is 1. The molecule has 1 amide bonds. The van der Waals surface area contributed by atoms with Gasteiger partial charge in [0.05, 0.1) is 18.4 Å². The minimum Gasteiger partial charge on any atom is -0.504 e. The van der Waals surface area contributed by atoms with Crippen molar-refractivity contribution in [2.45, 2.75) is 13.8 Å². The largest absolute Gasteiger partial charge is 0.504 e. The molecule has 0 unspecified atom stereocenters. The second kappa shape index (κ2) is 7.03. The van der Waals surface area contributed by atoms with Crippen LogP contribution in [-0.4, -0.2) is 37.6 Å². The number of nitrogens with zero attached hydrogens (tertiary/aromatic N) is 3. The van der Waals surface area contributed by atoms with Crippen LogP contribution in [0.4, 0.5) is 0 Å². The Morgan fingerprint density at radius 1 is 1.17 bits per heavy atom. The van der Waals surface area contributed by atoms with E-state index in [1.165, 1.54) is 11.7 Å². The number of imidazole rings is 1. The first-order chi connectivity index (χ1) is 14.3. The van der Waals surface area contributed by atoms with Gasteiger partial charge in [0, 0.05) is 0 Å². The van der Waals surface area contributed by atoms with E-state index in [2.05, 4.69) is 15.0 Å². The Morgan fingerprint density at radius 3 is 2.60 bits per heavy atom. The molecule has 4 rings (SSSR count). The predicted molar refractivity (Wildman–Crippen MR) is 111 cm³/mol. The van der Waals surface area contributed by atoms with Crippen LogP contribution in [0.1, 0.15) is 21.6 Å². The minimum atomic E-state index is -0.834. The summed E-state index contributed by atoms with van der Waals surface area (Å²) in [7, 11) is 1.42. The Bertz CT molecular complexity index is 1370. The van der Waals surface area contributed by atoms with Crippen molar-refractivity contribution < 1.29 is 14.6 Å². The van der Waals surface area contributed by atoms with Gasteiger partial charge in [0.2, 0.25) is 0 Å². The number of ether oxygens (including phenoxy) is 1. The number of benzene rings is 2. The summed E-state index contributed by atoms with van der Waals surface area (Å²) in [6.07, 6.45) is 0. The number of hydrogen-bond donors (Lipinski definition) is 3. The molecule has 9 heteroatoms. The number of nitrogens with two attached hydrogens (primary N) is 1. The fraction of sp³-hybridized carbons (Fsp3) is 0.143. The number of phenolic OH excluding ortho intramolecular Hbond substituents is 1. The molecule has 0 aliphatic rings. The lowest BCUT2D eigenvalue weighted by Crippen LogP contribution is -2.15. The lowest BCUT2D eigenvalue weighted by Gasteiger charge is -2.10. The van der Waals surface area contributed by atoms with Gasteiger partial charge in [0.15, 0.2) is 28.7 Å². The first-order valence-electron chi connectivity index (χ1n) is 9.08. The molecule has 0 saturated carbocycles. The maximum absolute atomic E-state index is 12.7. The smallest absolute Gasteiger partial charge is 0.332 e. The van der Waals surface area contributed by atoms with E-state index >= 15 is 0 Å². The highest BCUT2D eigenvalue weighted by Crippen LogP contribution is 2.36. The molecule has 0 atom stereocenters. The van der Waals surface area contributed by atoms with Crippen molar-refractivity contribution in [2.24, 2.45) is 5.73 Å². The molecule has 9 nitrogen and oxygen atoms in total. The Kier molecular flexibility index (Phi) is 4.50. The molecule has 152 valence electrons. The molecule has 0 saturated heterocycles. The van der Waals surface area contributed by atoms with Crippen LogP contribution in [0, 0.1) is 13.8 Å². The third-order valence-electron chi connectivity index (χ3n) is 4.98. The van der Waals surface area contributed by atoms with Gasteiger partial charge in [-0.05, 0) is 49.2 Å². The van der Waals surface area contributed by atoms with Crippen molar-refractivity contribution >= 4 is 17.1 Å². The molecule has 0 bridgehead atoms. The number of amides is 1. The van der Waals surface area contributed by atoms with Gasteiger partial charge in [-0.1, -0.05) is 12.1 Å². The quantitative estimate of drug-likeness (QED) is 0.476. The number of aromatic amines is 1. The fourth-order valence-corrected chi connectivity index (χ4v) is 3.26. The van der Waals surface area contributed by atoms with Gasteiger partial charge in [-0.3, -0.25) is 4.79 Å². The van der Waals surface area contributed by atoms with Gasteiger partial charge in [0.25, 0.3) is 5.91 Å². The summed E-state index contributed by atoms with van der Waals surface area (Å²) < 4.78 is 6.48. The number of methoxy groups -OCH3 is 1. The number of aromatic hydroxyl groups is 1. The van der Waals surface area contributed by atoms with Crippen LogP contribution in [0.5, 0.6) is 11.5 Å². The van der Waals surface area contributed by atoms with E-state index < -0.39 is 11.6 Å². The SMILES string of the molecule is COc1cccc(-c2nc(C(N)=O)c3[nH]c(=O)n(-c4ccc(C)c(C)c4)c3n2)c1O. The summed E-state index contributed by atoms with van der Waals surface area (Å²) in [4.78, 5) is 36.1. The zero-order valence-electron chi connectivity index (χ0n) is 16.6. The van der Waals surface area contributed by atoms with Crippen molar-refractivity contribution in [3.8, 4) is 28.6 Å². The number of rotatable bonds is 4. The summed E-state index contributed by atoms with van der Waals surface area (Å²) in [5.74, 6) is -0.772. The average Bonchev–Trinajstić information content (AvgIpc) is 3.05. The van der Waals surface area contributed by atoms with Gasteiger partial charge in [-0.25, -0.2) is 19.3 Å². The highest BCUT2D eigenvalue weighted by Gasteiger charge is 2.22. The van der Waals surface area contributed by atoms with Gasteiger partial charge in [-0.2, -0.15) is 0 Å². The second-order valence-corrected chi connectivity index (χ2v) is 6.85. The standard InChI is InChI=1S/C21H19N5O4/c1-10-7-8-12(9-11(10)2)26-20-16(24-21(26)29)15(18(22)28)23-19(25-20)13-5-4-6-14(30-3)17(13)27/h4-9,27H,1-3H3,(H2,22,28)(H,24,29). The molecule has 4 N–H and O–H groups in total. The number of carbonyl (C=O) groups is 1. The third kappa shape index (κ3) is 2.96. The molecule has 4 aromatic rings. The molecule has 2 aromatic heterocycles. The maximum Gasteiger partial charge on any atom is 0.332 e. The molecule has 2 aromatic carbocycles. The van der Waals surface area contributed by atoms with E-state index in [-0.39, 0.29) is 39.7 Å². The van der Waals surface area contributed by atoms with Gasteiger partial charge < -0.3 is 20.6 Å². The number of hydrogen-bond acceptors (Lipinski definition) is 6. The summed E-state index contributed by atoms with van der Waals surface area (Å²) in [5.41, 5.74) is 8.03. The Balaban J connectivity index is 2.07. The second-order valence-electron chi connectivity index (χ2n) is 6.85. The lowest BCUT2D eigenvalue weighted by atomic mass is 10.1. The number of para-hydroxylation sites is 1. The number of primary amides is 1. The molecular formula is C21H19N5O4. The van der Waals surface area contributed by atoms with Crippen LogP contribution in [0.2, 0.25) is 0 Å². The highest BCUT2D eigenvalue weighted by molar-refractivity contribution is 6.02. The Hall–Kier alpha value is -4.14. The highest BCUT2D eigenvalue weighted by atomic mass is 16.5. The van der Waals surface area contributed by atoms with Crippen LogP contribution in [0.15, 0.2) is 41.2 Å². The van der Waals surface area contributed by atoms with Crippen LogP contribution >= 0.6 is 0 Å². The van der Waals surface area contributed by atoms with Crippen molar-refractivity contribution in [1.82, 2.24) is 19.5 Å². The van der Waals surface area contributed by atoms with Gasteiger partial charge in [0.1, 0.15) is 5.52 Å². The zero-order chi connectivity index (χ0) is 21.6. The van der Waals surface area contributed by atoms with Crippen molar-refractivity contribution in [1.29, 1.82) is 0 Å². The van der Waals surface area contributed by atoms with Gasteiger partial charge >= 0.3 is 5.69 Å². The monoisotopic (exact) mass is 405 g/mol. The Labute approximate surface area is 170 Å². The average molecular weight is 405 g/mol. The first kappa shape index (κ1) is 19.2. The summed E-state index contributed by atoms with van der Waals surface area (Å²) in [6.45, 7) is 3.90. The summed E-state index contributed by atoms with van der Waals surface area (Å²) in [6, 6.07) is 10.3. The van der Waals surface area contributed by atoms with Crippen LogP contribution in [-0.2, 0) is 0 Å². The lowest BCUT2D eigenvalue weighted by molar-refractivity contribution is 0.0997. The number of fused-ring (bicyclic) bond motifs is 1. The van der Waals surface area contributed by atoms with Crippen molar-refractivity contribution in [2.75, 3.05) is 7.11 Å². The van der Waals surface area contributed by atoms with E-state index in [1.54, 1.807) is 24.3 Å². The predicted octanol–water partition coefficient (Wildman–Crippen LogP) is 2.21. The molecule has 0 aliphatic heterocycles. The summed E-state index contributed by atoms with van der Waals surface area (Å²) >= 11 is 0. The molecule has 0 spiro atoms. The van der Waals surface area contributed by atoms with Crippen LogP contribution in [0.3, 0.4) is 0 Å². The number of carbonyl (C=O) groups excluding carboxylic acids is 1. The number of phenols is 1. The normalized spacial score (nSPS) is 11.0. The first-order valence-corrected chi connectivity index (χ1v) is 9.08. The van der Waals surface area contributed by atoms with E-state index in [4.69, 9.17) is 10.5 Å². The summed E-state index contributed by atoms with van der Waals surface area (Å²) in [5, 5.41) is 10.5. The van der Waals surface area contributed by atoms with E-state index in [1.807, 2.05) is 26.0 Å². The van der Waals surface area contributed by atoms with Crippen molar-refractivity contribution in [3.63, 3.8) is 0 Å². The fourth-order valence-electron chi connectivity index (χ4n) is 3.26.